The minimum atomic E-state index is 0.412. The van der Waals surface area contributed by atoms with Crippen LogP contribution in [0.15, 0.2) is 43.0 Å². The third-order valence-corrected chi connectivity index (χ3v) is 5.32. The molecule has 6 nitrogen and oxygen atoms in total. The molecule has 1 atom stereocenters. The molecule has 1 aliphatic heterocycles. The van der Waals surface area contributed by atoms with Crippen molar-refractivity contribution >= 4 is 5.82 Å². The Kier molecular flexibility index (Phi) is 5.65. The van der Waals surface area contributed by atoms with Crippen LogP contribution in [-0.4, -0.2) is 37.6 Å². The van der Waals surface area contributed by atoms with Gasteiger partial charge in [0.1, 0.15) is 17.5 Å². The van der Waals surface area contributed by atoms with E-state index in [1.165, 1.54) is 11.4 Å². The summed E-state index contributed by atoms with van der Waals surface area (Å²) in [6, 6.07) is 6.25. The predicted molar refractivity (Wildman–Crippen MR) is 111 cm³/mol. The van der Waals surface area contributed by atoms with Gasteiger partial charge in [-0.15, -0.1) is 0 Å². The number of aromatic nitrogens is 5. The van der Waals surface area contributed by atoms with E-state index < -0.39 is 0 Å². The van der Waals surface area contributed by atoms with Crippen molar-refractivity contribution in [2.24, 2.45) is 0 Å². The molecule has 4 heterocycles. The zero-order valence-electron chi connectivity index (χ0n) is 16.8. The molecule has 0 amide bonds. The van der Waals surface area contributed by atoms with Crippen LogP contribution < -0.4 is 4.90 Å². The number of piperidine rings is 1. The van der Waals surface area contributed by atoms with Crippen molar-refractivity contribution in [2.45, 2.75) is 52.0 Å². The number of aryl methyl sites for hydroxylation is 2. The number of anilines is 1. The van der Waals surface area contributed by atoms with Gasteiger partial charge in [-0.3, -0.25) is 4.98 Å². The molecule has 3 aromatic heterocycles. The Morgan fingerprint density at radius 2 is 2.00 bits per heavy atom. The van der Waals surface area contributed by atoms with E-state index in [0.29, 0.717) is 5.92 Å². The lowest BCUT2D eigenvalue weighted by Crippen LogP contribution is -2.36. The molecule has 4 rings (SSSR count). The van der Waals surface area contributed by atoms with E-state index in [2.05, 4.69) is 57.7 Å². The Labute approximate surface area is 166 Å². The summed E-state index contributed by atoms with van der Waals surface area (Å²) in [5, 5.41) is 0. The fourth-order valence-electron chi connectivity index (χ4n) is 4.00. The number of pyridine rings is 1. The fourth-order valence-corrected chi connectivity index (χ4v) is 4.00. The first-order valence-electron chi connectivity index (χ1n) is 10.2. The van der Waals surface area contributed by atoms with Crippen LogP contribution in [0.4, 0.5) is 5.82 Å². The van der Waals surface area contributed by atoms with Crippen LogP contribution in [-0.2, 0) is 13.0 Å². The Hall–Kier alpha value is -2.76. The first-order chi connectivity index (χ1) is 13.7. The zero-order valence-corrected chi connectivity index (χ0v) is 16.8. The summed E-state index contributed by atoms with van der Waals surface area (Å²) in [5.74, 6) is 3.60. The van der Waals surface area contributed by atoms with Crippen LogP contribution in [0.2, 0.25) is 0 Å². The molecule has 3 aromatic rings. The largest absolute Gasteiger partial charge is 0.356 e. The molecule has 1 saturated heterocycles. The van der Waals surface area contributed by atoms with Crippen LogP contribution in [0.3, 0.4) is 0 Å². The molecule has 0 radical (unpaired) electrons. The Morgan fingerprint density at radius 3 is 2.82 bits per heavy atom. The maximum atomic E-state index is 4.83. The Balaban J connectivity index is 1.53. The monoisotopic (exact) mass is 376 g/mol. The third kappa shape index (κ3) is 4.21. The van der Waals surface area contributed by atoms with Gasteiger partial charge in [0.15, 0.2) is 0 Å². The molecule has 146 valence electrons. The van der Waals surface area contributed by atoms with Gasteiger partial charge in [0, 0.05) is 68.5 Å². The van der Waals surface area contributed by atoms with Gasteiger partial charge in [0.2, 0.25) is 0 Å². The number of hydrogen-bond acceptors (Lipinski definition) is 5. The standard InChI is InChI=1S/C22H28N6/c1-3-5-20-25-17(2)14-21(26-20)27-12-4-6-19(16-27)22-24-11-13-28(22)15-18-7-9-23-10-8-18/h7-11,13-14,19H,3-6,12,15-16H2,1-2H3/t19-/m1/s1. The minimum Gasteiger partial charge on any atom is -0.356 e. The van der Waals surface area contributed by atoms with Gasteiger partial charge in [-0.05, 0) is 43.9 Å². The van der Waals surface area contributed by atoms with Crippen LogP contribution in [0.1, 0.15) is 55.0 Å². The average molecular weight is 377 g/mol. The molecule has 0 aromatic carbocycles. The van der Waals surface area contributed by atoms with Crippen LogP contribution in [0.25, 0.3) is 0 Å². The van der Waals surface area contributed by atoms with Gasteiger partial charge in [0.25, 0.3) is 0 Å². The molecule has 0 unspecified atom stereocenters. The van der Waals surface area contributed by atoms with Crippen molar-refractivity contribution in [1.82, 2.24) is 24.5 Å². The van der Waals surface area contributed by atoms with Gasteiger partial charge in [0.05, 0.1) is 0 Å². The molecule has 0 aliphatic carbocycles. The highest BCUT2D eigenvalue weighted by Crippen LogP contribution is 2.29. The van der Waals surface area contributed by atoms with E-state index in [1.54, 1.807) is 0 Å². The highest BCUT2D eigenvalue weighted by atomic mass is 15.2. The number of hydrogen-bond donors (Lipinski definition) is 0. The van der Waals surface area contributed by atoms with Crippen molar-refractivity contribution in [2.75, 3.05) is 18.0 Å². The summed E-state index contributed by atoms with van der Waals surface area (Å²) in [4.78, 5) is 20.7. The second-order valence-corrected chi connectivity index (χ2v) is 7.59. The number of imidazole rings is 1. The molecule has 1 aliphatic rings. The van der Waals surface area contributed by atoms with Crippen LogP contribution >= 0.6 is 0 Å². The first-order valence-corrected chi connectivity index (χ1v) is 10.2. The van der Waals surface area contributed by atoms with Crippen molar-refractivity contribution in [3.05, 3.63) is 65.9 Å². The van der Waals surface area contributed by atoms with E-state index in [9.17, 15) is 0 Å². The summed E-state index contributed by atoms with van der Waals surface area (Å²) >= 11 is 0. The lowest BCUT2D eigenvalue weighted by Gasteiger charge is -2.33. The van der Waals surface area contributed by atoms with E-state index in [-0.39, 0.29) is 0 Å². The average Bonchev–Trinajstić information content (AvgIpc) is 3.17. The van der Waals surface area contributed by atoms with Crippen molar-refractivity contribution in [3.8, 4) is 0 Å². The van der Waals surface area contributed by atoms with Gasteiger partial charge >= 0.3 is 0 Å². The fraction of sp³-hybridized carbons (Fsp3) is 0.455. The molecule has 0 bridgehead atoms. The molecule has 0 spiro atoms. The Morgan fingerprint density at radius 1 is 1.14 bits per heavy atom. The molecular weight excluding hydrogens is 348 g/mol. The minimum absolute atomic E-state index is 0.412. The van der Waals surface area contributed by atoms with Crippen molar-refractivity contribution < 1.29 is 0 Å². The molecule has 28 heavy (non-hydrogen) atoms. The van der Waals surface area contributed by atoms with Crippen LogP contribution in [0.5, 0.6) is 0 Å². The SMILES string of the molecule is CCCc1nc(C)cc(N2CCC[C@@H](c3nccn3Cc3ccncc3)C2)n1. The van der Waals surface area contributed by atoms with Gasteiger partial charge in [-0.2, -0.15) is 0 Å². The summed E-state index contributed by atoms with van der Waals surface area (Å²) in [6.07, 6.45) is 12.0. The molecule has 1 fully saturated rings. The maximum Gasteiger partial charge on any atom is 0.132 e. The lowest BCUT2D eigenvalue weighted by atomic mass is 9.97. The summed E-state index contributed by atoms with van der Waals surface area (Å²) in [7, 11) is 0. The Bertz CT molecular complexity index is 904. The van der Waals surface area contributed by atoms with Crippen LogP contribution in [0, 0.1) is 6.92 Å². The highest BCUT2D eigenvalue weighted by molar-refractivity contribution is 5.41. The zero-order chi connectivity index (χ0) is 19.3. The van der Waals surface area contributed by atoms with Crippen molar-refractivity contribution in [3.63, 3.8) is 0 Å². The predicted octanol–water partition coefficient (Wildman–Crippen LogP) is 3.76. The van der Waals surface area contributed by atoms with Gasteiger partial charge in [-0.1, -0.05) is 6.92 Å². The molecule has 0 N–H and O–H groups in total. The van der Waals surface area contributed by atoms with E-state index in [4.69, 9.17) is 9.97 Å². The summed E-state index contributed by atoms with van der Waals surface area (Å²) < 4.78 is 2.28. The lowest BCUT2D eigenvalue weighted by molar-refractivity contribution is 0.473. The first kappa shape index (κ1) is 18.6. The number of nitrogens with zero attached hydrogens (tertiary/aromatic N) is 6. The molecule has 0 saturated carbocycles. The maximum absolute atomic E-state index is 4.83. The van der Waals surface area contributed by atoms with Crippen molar-refractivity contribution in [1.29, 1.82) is 0 Å². The number of rotatable bonds is 6. The topological polar surface area (TPSA) is 59.7 Å². The van der Waals surface area contributed by atoms with E-state index in [0.717, 1.165) is 62.7 Å². The normalized spacial score (nSPS) is 17.1. The second-order valence-electron chi connectivity index (χ2n) is 7.59. The molecule has 6 heteroatoms. The van der Waals surface area contributed by atoms with Gasteiger partial charge in [-0.25, -0.2) is 15.0 Å². The van der Waals surface area contributed by atoms with E-state index in [1.807, 2.05) is 18.6 Å². The molecular formula is C22H28N6. The quantitative estimate of drug-likeness (QED) is 0.655. The second kappa shape index (κ2) is 8.50. The van der Waals surface area contributed by atoms with E-state index >= 15 is 0 Å². The van der Waals surface area contributed by atoms with Gasteiger partial charge < -0.3 is 9.47 Å². The summed E-state index contributed by atoms with van der Waals surface area (Å²) in [5.41, 5.74) is 2.30. The highest BCUT2D eigenvalue weighted by Gasteiger charge is 2.26. The summed E-state index contributed by atoms with van der Waals surface area (Å²) in [6.45, 7) is 7.07. The smallest absolute Gasteiger partial charge is 0.132 e. The third-order valence-electron chi connectivity index (χ3n) is 5.32.